The van der Waals surface area contributed by atoms with E-state index in [1.807, 2.05) is 0 Å². The van der Waals surface area contributed by atoms with E-state index < -0.39 is 0 Å². The number of aryl methyl sites for hydroxylation is 1. The van der Waals surface area contributed by atoms with E-state index in [1.54, 1.807) is 16.7 Å². The molecule has 1 aromatic carbocycles. The average molecular weight is 203 g/mol. The van der Waals surface area contributed by atoms with Crippen molar-refractivity contribution in [2.75, 3.05) is 6.54 Å². The molecule has 2 rings (SSSR count). The normalized spacial score (nSPS) is 15.4. The Morgan fingerprint density at radius 2 is 2.20 bits per heavy atom. The van der Waals surface area contributed by atoms with E-state index in [2.05, 4.69) is 37.4 Å². The third kappa shape index (κ3) is 2.60. The summed E-state index contributed by atoms with van der Waals surface area (Å²) in [7, 11) is 0. The summed E-state index contributed by atoms with van der Waals surface area (Å²) in [5.41, 5.74) is 4.70. The number of nitrogens with one attached hydrogen (secondary N) is 1. The summed E-state index contributed by atoms with van der Waals surface area (Å²) in [6, 6.07) is 6.81. The summed E-state index contributed by atoms with van der Waals surface area (Å²) in [5.74, 6) is 0.803. The van der Waals surface area contributed by atoms with Crippen LogP contribution in [-0.4, -0.2) is 6.54 Å². The van der Waals surface area contributed by atoms with Crippen LogP contribution < -0.4 is 5.32 Å². The summed E-state index contributed by atoms with van der Waals surface area (Å²) >= 11 is 0. The van der Waals surface area contributed by atoms with Crippen molar-refractivity contribution >= 4 is 0 Å². The van der Waals surface area contributed by atoms with E-state index in [9.17, 15) is 0 Å². The molecule has 1 aromatic rings. The van der Waals surface area contributed by atoms with Crippen molar-refractivity contribution in [2.45, 2.75) is 39.7 Å². The average Bonchev–Trinajstić information content (AvgIpc) is 2.26. The summed E-state index contributed by atoms with van der Waals surface area (Å²) in [4.78, 5) is 0. The molecule has 0 bridgehead atoms. The second-order valence-corrected chi connectivity index (χ2v) is 4.91. The molecule has 1 aliphatic rings. The van der Waals surface area contributed by atoms with Crippen LogP contribution in [0, 0.1) is 5.92 Å². The molecule has 0 atom stereocenters. The van der Waals surface area contributed by atoms with Crippen LogP contribution in [0.15, 0.2) is 18.2 Å². The second kappa shape index (κ2) is 4.80. The van der Waals surface area contributed by atoms with E-state index in [4.69, 9.17) is 0 Å². The zero-order chi connectivity index (χ0) is 10.7. The van der Waals surface area contributed by atoms with Gasteiger partial charge in [0.2, 0.25) is 0 Å². The smallest absolute Gasteiger partial charge is 0.0211 e. The Morgan fingerprint density at radius 1 is 1.33 bits per heavy atom. The Bertz CT molecular complexity index is 328. The van der Waals surface area contributed by atoms with Crippen LogP contribution in [0.25, 0.3) is 0 Å². The lowest BCUT2D eigenvalue weighted by atomic mass is 9.92. The third-order valence-electron chi connectivity index (χ3n) is 3.23. The molecular weight excluding hydrogens is 182 g/mol. The van der Waals surface area contributed by atoms with E-state index >= 15 is 0 Å². The van der Waals surface area contributed by atoms with Gasteiger partial charge in [-0.1, -0.05) is 32.0 Å². The lowest BCUT2D eigenvalue weighted by molar-refractivity contribution is 0.577. The Morgan fingerprint density at radius 3 is 3.00 bits per heavy atom. The maximum Gasteiger partial charge on any atom is 0.0211 e. The fourth-order valence-corrected chi connectivity index (χ4v) is 2.26. The highest BCUT2D eigenvalue weighted by atomic mass is 14.9. The van der Waals surface area contributed by atoms with Crippen molar-refractivity contribution in [2.24, 2.45) is 5.92 Å². The first-order valence-corrected chi connectivity index (χ1v) is 6.07. The number of rotatable bonds is 3. The Balaban J connectivity index is 2.16. The third-order valence-corrected chi connectivity index (χ3v) is 3.23. The minimum absolute atomic E-state index is 0.803. The van der Waals surface area contributed by atoms with Gasteiger partial charge >= 0.3 is 0 Å². The number of fused-ring (bicyclic) bond motifs is 1. The molecule has 0 aromatic heterocycles. The quantitative estimate of drug-likeness (QED) is 0.796. The molecule has 0 aliphatic carbocycles. The van der Waals surface area contributed by atoms with Gasteiger partial charge in [-0.15, -0.1) is 0 Å². The Labute approximate surface area is 92.9 Å². The summed E-state index contributed by atoms with van der Waals surface area (Å²) < 4.78 is 0. The lowest BCUT2D eigenvalue weighted by Gasteiger charge is -2.20. The Hall–Kier alpha value is -0.820. The van der Waals surface area contributed by atoms with Crippen molar-refractivity contribution < 1.29 is 0 Å². The SMILES string of the molecule is CC(C)CCc1cccc2c1CNCC2. The van der Waals surface area contributed by atoms with Gasteiger partial charge in [-0.25, -0.2) is 0 Å². The number of hydrogen-bond acceptors (Lipinski definition) is 1. The Kier molecular flexibility index (Phi) is 3.42. The fourth-order valence-electron chi connectivity index (χ4n) is 2.26. The van der Waals surface area contributed by atoms with E-state index in [0.717, 1.165) is 19.0 Å². The van der Waals surface area contributed by atoms with Crippen molar-refractivity contribution in [1.29, 1.82) is 0 Å². The topological polar surface area (TPSA) is 12.0 Å². The summed E-state index contributed by atoms with van der Waals surface area (Å²) in [6.07, 6.45) is 3.74. The predicted molar refractivity (Wildman–Crippen MR) is 65.0 cm³/mol. The van der Waals surface area contributed by atoms with Crippen molar-refractivity contribution in [3.05, 3.63) is 34.9 Å². The monoisotopic (exact) mass is 203 g/mol. The summed E-state index contributed by atoms with van der Waals surface area (Å²) in [6.45, 7) is 6.81. The highest BCUT2D eigenvalue weighted by molar-refractivity contribution is 5.37. The van der Waals surface area contributed by atoms with Crippen molar-refractivity contribution in [1.82, 2.24) is 5.32 Å². The molecule has 1 heterocycles. The van der Waals surface area contributed by atoms with Gasteiger partial charge in [0.25, 0.3) is 0 Å². The minimum atomic E-state index is 0.803. The highest BCUT2D eigenvalue weighted by Crippen LogP contribution is 2.20. The van der Waals surface area contributed by atoms with Gasteiger partial charge in [0.15, 0.2) is 0 Å². The van der Waals surface area contributed by atoms with Crippen LogP contribution >= 0.6 is 0 Å². The molecule has 0 spiro atoms. The van der Waals surface area contributed by atoms with E-state index in [-0.39, 0.29) is 0 Å². The molecule has 82 valence electrons. The van der Waals surface area contributed by atoms with E-state index in [1.165, 1.54) is 19.3 Å². The molecule has 0 saturated carbocycles. The van der Waals surface area contributed by atoms with Crippen LogP contribution in [0.4, 0.5) is 0 Å². The van der Waals surface area contributed by atoms with Gasteiger partial charge in [0, 0.05) is 6.54 Å². The standard InChI is InChI=1S/C14H21N/c1-11(2)6-7-12-4-3-5-13-8-9-15-10-14(12)13/h3-5,11,15H,6-10H2,1-2H3. The van der Waals surface area contributed by atoms with Crippen LogP contribution in [-0.2, 0) is 19.4 Å². The molecule has 0 radical (unpaired) electrons. The van der Waals surface area contributed by atoms with E-state index in [0.29, 0.717) is 0 Å². The maximum absolute atomic E-state index is 3.47. The maximum atomic E-state index is 3.47. The predicted octanol–water partition coefficient (Wildman–Crippen LogP) is 2.92. The summed E-state index contributed by atoms with van der Waals surface area (Å²) in [5, 5.41) is 3.47. The van der Waals surface area contributed by atoms with Crippen LogP contribution in [0.1, 0.15) is 37.0 Å². The van der Waals surface area contributed by atoms with Crippen LogP contribution in [0.3, 0.4) is 0 Å². The zero-order valence-electron chi connectivity index (χ0n) is 9.84. The van der Waals surface area contributed by atoms with Gasteiger partial charge in [-0.05, 0) is 48.4 Å². The molecule has 0 unspecified atom stereocenters. The van der Waals surface area contributed by atoms with Gasteiger partial charge in [-0.2, -0.15) is 0 Å². The highest BCUT2D eigenvalue weighted by Gasteiger charge is 2.11. The largest absolute Gasteiger partial charge is 0.312 e. The molecule has 1 aliphatic heterocycles. The first-order chi connectivity index (χ1) is 7.27. The van der Waals surface area contributed by atoms with Crippen molar-refractivity contribution in [3.63, 3.8) is 0 Å². The van der Waals surface area contributed by atoms with Gasteiger partial charge in [-0.3, -0.25) is 0 Å². The molecule has 0 saturated heterocycles. The molecule has 1 nitrogen and oxygen atoms in total. The van der Waals surface area contributed by atoms with Crippen molar-refractivity contribution in [3.8, 4) is 0 Å². The van der Waals surface area contributed by atoms with Gasteiger partial charge in [0.1, 0.15) is 0 Å². The zero-order valence-corrected chi connectivity index (χ0v) is 9.84. The second-order valence-electron chi connectivity index (χ2n) is 4.91. The molecular formula is C14H21N. The number of hydrogen-bond donors (Lipinski definition) is 1. The molecule has 0 amide bonds. The molecule has 1 N–H and O–H groups in total. The molecule has 15 heavy (non-hydrogen) atoms. The van der Waals surface area contributed by atoms with Crippen LogP contribution in [0.5, 0.6) is 0 Å². The fraction of sp³-hybridized carbons (Fsp3) is 0.571. The van der Waals surface area contributed by atoms with Gasteiger partial charge < -0.3 is 5.32 Å². The first kappa shape index (κ1) is 10.7. The van der Waals surface area contributed by atoms with Gasteiger partial charge in [0.05, 0.1) is 0 Å². The first-order valence-electron chi connectivity index (χ1n) is 6.07. The molecule has 0 fully saturated rings. The molecule has 1 heteroatoms. The minimum Gasteiger partial charge on any atom is -0.312 e. The van der Waals surface area contributed by atoms with Crippen LogP contribution in [0.2, 0.25) is 0 Å². The number of benzene rings is 1. The lowest BCUT2D eigenvalue weighted by Crippen LogP contribution is -2.24.